The lowest BCUT2D eigenvalue weighted by Gasteiger charge is -2.22. The van der Waals surface area contributed by atoms with Crippen LogP contribution in [-0.4, -0.2) is 48.4 Å². The third-order valence-corrected chi connectivity index (χ3v) is 2.78. The lowest BCUT2D eigenvalue weighted by Crippen LogP contribution is -2.27. The summed E-state index contributed by atoms with van der Waals surface area (Å²) in [5, 5.41) is 6.02. The van der Waals surface area contributed by atoms with Gasteiger partial charge in [0.25, 0.3) is 0 Å². The van der Waals surface area contributed by atoms with Crippen molar-refractivity contribution in [3.63, 3.8) is 0 Å². The van der Waals surface area contributed by atoms with E-state index in [0.717, 1.165) is 19.4 Å². The lowest BCUT2D eigenvalue weighted by atomic mass is 10.1. The number of rotatable bonds is 5. The lowest BCUT2D eigenvalue weighted by molar-refractivity contribution is 0.0246. The normalized spacial score (nSPS) is 19.3. The number of nitrogens with zero attached hydrogens (tertiary/aromatic N) is 3. The third-order valence-electron chi connectivity index (χ3n) is 2.78. The molecule has 1 saturated heterocycles. The summed E-state index contributed by atoms with van der Waals surface area (Å²) in [5.41, 5.74) is 0. The molecule has 100 valence electrons. The van der Waals surface area contributed by atoms with Crippen LogP contribution in [0.1, 0.15) is 19.3 Å². The molecule has 2 rings (SSSR count). The number of hydrogen-bond donors (Lipinski definition) is 2. The quantitative estimate of drug-likeness (QED) is 0.807. The van der Waals surface area contributed by atoms with Gasteiger partial charge >= 0.3 is 6.01 Å². The van der Waals surface area contributed by atoms with E-state index in [1.165, 1.54) is 13.5 Å². The van der Waals surface area contributed by atoms with Crippen molar-refractivity contribution in [1.29, 1.82) is 0 Å². The van der Waals surface area contributed by atoms with Crippen LogP contribution in [0.4, 0.5) is 11.9 Å². The highest BCUT2D eigenvalue weighted by Crippen LogP contribution is 2.14. The molecule has 0 aliphatic carbocycles. The van der Waals surface area contributed by atoms with Crippen molar-refractivity contribution in [1.82, 2.24) is 15.0 Å². The molecule has 7 heteroatoms. The van der Waals surface area contributed by atoms with Gasteiger partial charge in [-0.2, -0.15) is 15.0 Å². The van der Waals surface area contributed by atoms with Crippen LogP contribution in [0.15, 0.2) is 0 Å². The van der Waals surface area contributed by atoms with Crippen molar-refractivity contribution in [2.24, 2.45) is 0 Å². The Kier molecular flexibility index (Phi) is 4.52. The van der Waals surface area contributed by atoms with E-state index in [1.807, 2.05) is 0 Å². The van der Waals surface area contributed by atoms with Gasteiger partial charge in [-0.15, -0.1) is 0 Å². The van der Waals surface area contributed by atoms with Gasteiger partial charge in [-0.1, -0.05) is 0 Å². The zero-order valence-electron chi connectivity index (χ0n) is 10.8. The van der Waals surface area contributed by atoms with Crippen LogP contribution in [0, 0.1) is 0 Å². The minimum atomic E-state index is 0.236. The van der Waals surface area contributed by atoms with Gasteiger partial charge in [0.15, 0.2) is 0 Å². The van der Waals surface area contributed by atoms with E-state index in [2.05, 4.69) is 25.6 Å². The molecule has 0 radical (unpaired) electrons. The topological polar surface area (TPSA) is 81.2 Å². The Bertz CT molecular complexity index is 359. The molecule has 18 heavy (non-hydrogen) atoms. The number of ether oxygens (including phenoxy) is 2. The SMILES string of the molecule is CNc1nc(NCC2CCCCO2)nc(OC)n1. The van der Waals surface area contributed by atoms with Gasteiger partial charge in [-0.25, -0.2) is 0 Å². The maximum atomic E-state index is 5.63. The van der Waals surface area contributed by atoms with Crippen LogP contribution in [-0.2, 0) is 4.74 Å². The first-order valence-corrected chi connectivity index (χ1v) is 6.15. The first-order chi connectivity index (χ1) is 8.81. The summed E-state index contributed by atoms with van der Waals surface area (Å²) < 4.78 is 10.6. The molecule has 0 amide bonds. The Morgan fingerprint density at radius 2 is 2.11 bits per heavy atom. The average molecular weight is 253 g/mol. The van der Waals surface area contributed by atoms with E-state index in [-0.39, 0.29) is 6.10 Å². The van der Waals surface area contributed by atoms with Crippen LogP contribution in [0.2, 0.25) is 0 Å². The van der Waals surface area contributed by atoms with Crippen molar-refractivity contribution in [2.45, 2.75) is 25.4 Å². The van der Waals surface area contributed by atoms with Gasteiger partial charge < -0.3 is 20.1 Å². The zero-order valence-corrected chi connectivity index (χ0v) is 10.8. The molecule has 1 aliphatic heterocycles. The average Bonchev–Trinajstić information content (AvgIpc) is 2.45. The largest absolute Gasteiger partial charge is 0.467 e. The molecule has 0 bridgehead atoms. The van der Waals surface area contributed by atoms with E-state index < -0.39 is 0 Å². The summed E-state index contributed by atoms with van der Waals surface area (Å²) in [6.45, 7) is 1.55. The summed E-state index contributed by atoms with van der Waals surface area (Å²) in [6.07, 6.45) is 3.68. The number of hydrogen-bond acceptors (Lipinski definition) is 7. The second-order valence-corrected chi connectivity index (χ2v) is 4.09. The van der Waals surface area contributed by atoms with Crippen LogP contribution >= 0.6 is 0 Å². The molecular formula is C11H19N5O2. The Morgan fingerprint density at radius 3 is 2.78 bits per heavy atom. The fourth-order valence-electron chi connectivity index (χ4n) is 1.81. The monoisotopic (exact) mass is 253 g/mol. The first-order valence-electron chi connectivity index (χ1n) is 6.15. The van der Waals surface area contributed by atoms with Gasteiger partial charge in [0.2, 0.25) is 11.9 Å². The summed E-state index contributed by atoms with van der Waals surface area (Å²) >= 11 is 0. The van der Waals surface area contributed by atoms with Crippen molar-refractivity contribution in [3.05, 3.63) is 0 Å². The molecule has 0 saturated carbocycles. The predicted molar refractivity (Wildman–Crippen MR) is 68.0 cm³/mol. The predicted octanol–water partition coefficient (Wildman–Crippen LogP) is 0.903. The third kappa shape index (κ3) is 3.43. The smallest absolute Gasteiger partial charge is 0.322 e. The Balaban J connectivity index is 1.94. The Labute approximate surface area is 106 Å². The maximum Gasteiger partial charge on any atom is 0.322 e. The number of nitrogens with one attached hydrogen (secondary N) is 2. The molecular weight excluding hydrogens is 234 g/mol. The fourth-order valence-corrected chi connectivity index (χ4v) is 1.81. The fraction of sp³-hybridized carbons (Fsp3) is 0.727. The molecule has 1 aromatic heterocycles. The van der Waals surface area contributed by atoms with E-state index in [4.69, 9.17) is 9.47 Å². The van der Waals surface area contributed by atoms with Crippen LogP contribution in [0.5, 0.6) is 6.01 Å². The molecule has 1 unspecified atom stereocenters. The van der Waals surface area contributed by atoms with E-state index in [0.29, 0.717) is 24.5 Å². The first kappa shape index (κ1) is 12.8. The van der Waals surface area contributed by atoms with Crippen molar-refractivity contribution in [2.75, 3.05) is 37.9 Å². The van der Waals surface area contributed by atoms with Crippen molar-refractivity contribution < 1.29 is 9.47 Å². The van der Waals surface area contributed by atoms with Gasteiger partial charge in [-0.05, 0) is 19.3 Å². The van der Waals surface area contributed by atoms with Crippen LogP contribution in [0.3, 0.4) is 0 Å². The molecule has 1 aromatic rings. The standard InChI is InChI=1S/C11H19N5O2/c1-12-9-14-10(16-11(15-9)17-2)13-7-8-5-3-4-6-18-8/h8H,3-7H2,1-2H3,(H2,12,13,14,15,16). The number of aromatic nitrogens is 3. The van der Waals surface area contributed by atoms with Crippen molar-refractivity contribution in [3.8, 4) is 6.01 Å². The molecule has 0 aromatic carbocycles. The van der Waals surface area contributed by atoms with E-state index in [1.54, 1.807) is 7.05 Å². The zero-order chi connectivity index (χ0) is 12.8. The van der Waals surface area contributed by atoms with Gasteiger partial charge in [-0.3, -0.25) is 0 Å². The minimum Gasteiger partial charge on any atom is -0.467 e. The van der Waals surface area contributed by atoms with E-state index in [9.17, 15) is 0 Å². The summed E-state index contributed by atoms with van der Waals surface area (Å²) in [5.74, 6) is 0.981. The second-order valence-electron chi connectivity index (χ2n) is 4.09. The van der Waals surface area contributed by atoms with Gasteiger partial charge in [0, 0.05) is 20.2 Å². The summed E-state index contributed by atoms with van der Waals surface area (Å²) in [4.78, 5) is 12.4. The molecule has 2 N–H and O–H groups in total. The van der Waals surface area contributed by atoms with Crippen LogP contribution < -0.4 is 15.4 Å². The molecule has 2 heterocycles. The highest BCUT2D eigenvalue weighted by molar-refractivity contribution is 5.35. The summed E-state index contributed by atoms with van der Waals surface area (Å²) in [7, 11) is 3.28. The van der Waals surface area contributed by atoms with E-state index >= 15 is 0 Å². The van der Waals surface area contributed by atoms with Gasteiger partial charge in [0.05, 0.1) is 13.2 Å². The summed E-state index contributed by atoms with van der Waals surface area (Å²) in [6, 6.07) is 0.293. The Morgan fingerprint density at radius 1 is 1.28 bits per heavy atom. The molecule has 1 fully saturated rings. The molecule has 0 spiro atoms. The van der Waals surface area contributed by atoms with Crippen molar-refractivity contribution >= 4 is 11.9 Å². The highest BCUT2D eigenvalue weighted by Gasteiger charge is 2.14. The molecule has 7 nitrogen and oxygen atoms in total. The molecule has 1 atom stereocenters. The minimum absolute atomic E-state index is 0.236. The second kappa shape index (κ2) is 6.34. The number of methoxy groups -OCH3 is 1. The van der Waals surface area contributed by atoms with Crippen LogP contribution in [0.25, 0.3) is 0 Å². The Hall–Kier alpha value is -1.63. The maximum absolute atomic E-state index is 5.63. The number of anilines is 2. The van der Waals surface area contributed by atoms with Gasteiger partial charge in [0.1, 0.15) is 0 Å². The highest BCUT2D eigenvalue weighted by atomic mass is 16.5. The molecule has 1 aliphatic rings.